The lowest BCUT2D eigenvalue weighted by atomic mass is 9.99. The van der Waals surface area contributed by atoms with E-state index in [0.717, 1.165) is 38.7 Å². The van der Waals surface area contributed by atoms with Gasteiger partial charge in [0.15, 0.2) is 11.6 Å². The van der Waals surface area contributed by atoms with Crippen LogP contribution in [0.1, 0.15) is 22.4 Å². The monoisotopic (exact) mass is 381 g/mol. The lowest BCUT2D eigenvalue weighted by Gasteiger charge is -2.24. The molecule has 0 fully saturated rings. The first-order chi connectivity index (χ1) is 13.1. The second kappa shape index (κ2) is 7.17. The Kier molecular flexibility index (Phi) is 4.72. The van der Waals surface area contributed by atoms with Crippen LogP contribution in [0.4, 0.5) is 0 Å². The predicted molar refractivity (Wildman–Crippen MR) is 104 cm³/mol. The zero-order valence-electron chi connectivity index (χ0n) is 15.3. The summed E-state index contributed by atoms with van der Waals surface area (Å²) in [5, 5.41) is 10.5. The molecule has 0 spiro atoms. The summed E-state index contributed by atoms with van der Waals surface area (Å²) in [5.74, 6) is 2.55. The first-order valence-corrected chi connectivity index (χ1v) is 9.72. The number of fused-ring (bicyclic) bond motifs is 2. The molecule has 1 aromatic carbocycles. The van der Waals surface area contributed by atoms with Crippen molar-refractivity contribution in [1.82, 2.24) is 15.0 Å². The second-order valence-electron chi connectivity index (χ2n) is 6.19. The Morgan fingerprint density at radius 3 is 2.85 bits per heavy atom. The van der Waals surface area contributed by atoms with Crippen LogP contribution < -0.4 is 9.47 Å². The molecule has 1 aliphatic heterocycles. The highest BCUT2D eigenvalue weighted by atomic mass is 32.2. The van der Waals surface area contributed by atoms with Gasteiger partial charge in [0, 0.05) is 29.3 Å². The summed E-state index contributed by atoms with van der Waals surface area (Å²) in [6.07, 6.45) is 4.30. The molecule has 0 bridgehead atoms. The Labute approximate surface area is 161 Å². The number of methoxy groups -OCH3 is 1. The number of rotatable bonds is 4. The van der Waals surface area contributed by atoms with Gasteiger partial charge in [-0.15, -0.1) is 11.8 Å². The van der Waals surface area contributed by atoms with E-state index in [0.29, 0.717) is 23.9 Å². The second-order valence-corrected chi connectivity index (χ2v) is 6.98. The summed E-state index contributed by atoms with van der Waals surface area (Å²) in [6.45, 7) is 1.82. The number of hydrogen-bond acceptors (Lipinski definition) is 7. The third-order valence-corrected chi connectivity index (χ3v) is 5.30. The Morgan fingerprint density at radius 2 is 2.11 bits per heavy atom. The van der Waals surface area contributed by atoms with Gasteiger partial charge in [-0.25, -0.2) is 4.98 Å². The summed E-state index contributed by atoms with van der Waals surface area (Å²) in [7, 11) is 1.63. The molecule has 0 saturated heterocycles. The van der Waals surface area contributed by atoms with Gasteiger partial charge in [-0.2, -0.15) is 4.98 Å². The maximum Gasteiger partial charge on any atom is 0.227 e. The van der Waals surface area contributed by atoms with Crippen LogP contribution in [0.15, 0.2) is 35.5 Å². The van der Waals surface area contributed by atoms with Crippen molar-refractivity contribution in [3.63, 3.8) is 0 Å². The summed E-state index contributed by atoms with van der Waals surface area (Å²) in [4.78, 5) is 13.7. The molecule has 7 heteroatoms. The summed E-state index contributed by atoms with van der Waals surface area (Å²) >= 11 is 1.55. The lowest BCUT2D eigenvalue weighted by Crippen LogP contribution is -2.13. The maximum atomic E-state index is 9.66. The lowest BCUT2D eigenvalue weighted by molar-refractivity contribution is 0.278. The molecule has 1 N–H and O–H groups in total. The number of benzene rings is 1. The SMILES string of the molecule is COc1cccc(-c2nc3c(c(SC)n2)Cc2c(CO)cnc(C)c2O3)c1. The molecule has 6 nitrogen and oxygen atoms in total. The number of aliphatic hydroxyl groups is 1. The first kappa shape index (κ1) is 17.8. The number of aliphatic hydroxyl groups excluding tert-OH is 1. The van der Waals surface area contributed by atoms with Gasteiger partial charge in [0.25, 0.3) is 0 Å². The number of thioether (sulfide) groups is 1. The summed E-state index contributed by atoms with van der Waals surface area (Å²) in [6, 6.07) is 7.64. The quantitative estimate of drug-likeness (QED) is 0.426. The number of aromatic nitrogens is 3. The molecule has 3 aromatic rings. The number of nitrogens with zero attached hydrogens (tertiary/aromatic N) is 3. The van der Waals surface area contributed by atoms with Crippen LogP contribution in [0.25, 0.3) is 11.4 Å². The Balaban J connectivity index is 1.84. The highest BCUT2D eigenvalue weighted by molar-refractivity contribution is 7.98. The fourth-order valence-electron chi connectivity index (χ4n) is 3.15. The van der Waals surface area contributed by atoms with Crippen LogP contribution in [0.5, 0.6) is 17.4 Å². The molecule has 4 rings (SSSR count). The molecule has 3 heterocycles. The van der Waals surface area contributed by atoms with Crippen LogP contribution in [0.3, 0.4) is 0 Å². The van der Waals surface area contributed by atoms with Crippen LogP contribution in [-0.4, -0.2) is 33.4 Å². The zero-order valence-corrected chi connectivity index (χ0v) is 16.1. The van der Waals surface area contributed by atoms with Gasteiger partial charge in [0.2, 0.25) is 5.88 Å². The number of ether oxygens (including phenoxy) is 2. The molecule has 0 aliphatic carbocycles. The van der Waals surface area contributed by atoms with Crippen LogP contribution in [0.2, 0.25) is 0 Å². The van der Waals surface area contributed by atoms with Crippen molar-refractivity contribution in [1.29, 1.82) is 0 Å². The van der Waals surface area contributed by atoms with E-state index < -0.39 is 0 Å². The maximum absolute atomic E-state index is 9.66. The highest BCUT2D eigenvalue weighted by Crippen LogP contribution is 2.42. The average molecular weight is 381 g/mol. The van der Waals surface area contributed by atoms with Crippen molar-refractivity contribution in [3.05, 3.63) is 52.8 Å². The van der Waals surface area contributed by atoms with Gasteiger partial charge >= 0.3 is 0 Å². The molecule has 0 atom stereocenters. The van der Waals surface area contributed by atoms with Crippen LogP contribution in [-0.2, 0) is 13.0 Å². The molecule has 0 radical (unpaired) electrons. The molecule has 2 aromatic heterocycles. The van der Waals surface area contributed by atoms with E-state index in [1.165, 1.54) is 0 Å². The van der Waals surface area contributed by atoms with Crippen LogP contribution >= 0.6 is 11.8 Å². The molecule has 0 amide bonds. The van der Waals surface area contributed by atoms with E-state index in [1.807, 2.05) is 37.4 Å². The van der Waals surface area contributed by atoms with Crippen molar-refractivity contribution < 1.29 is 14.6 Å². The number of pyridine rings is 1. The molecular weight excluding hydrogens is 362 g/mol. The molecule has 1 aliphatic rings. The summed E-state index contributed by atoms with van der Waals surface area (Å²) < 4.78 is 11.5. The van der Waals surface area contributed by atoms with E-state index in [1.54, 1.807) is 25.1 Å². The van der Waals surface area contributed by atoms with Crippen LogP contribution in [0, 0.1) is 6.92 Å². The van der Waals surface area contributed by atoms with E-state index in [-0.39, 0.29) is 6.61 Å². The van der Waals surface area contributed by atoms with Gasteiger partial charge in [-0.1, -0.05) is 12.1 Å². The zero-order chi connectivity index (χ0) is 19.0. The largest absolute Gasteiger partial charge is 0.497 e. The van der Waals surface area contributed by atoms with Crippen molar-refractivity contribution in [3.8, 4) is 28.8 Å². The van der Waals surface area contributed by atoms with Crippen molar-refractivity contribution in [2.24, 2.45) is 0 Å². The Bertz CT molecular complexity index is 1020. The summed E-state index contributed by atoms with van der Waals surface area (Å²) in [5.41, 5.74) is 4.29. The molecule has 0 saturated carbocycles. The first-order valence-electron chi connectivity index (χ1n) is 8.50. The van der Waals surface area contributed by atoms with Gasteiger partial charge in [-0.05, 0) is 25.3 Å². The fourth-order valence-corrected chi connectivity index (χ4v) is 3.74. The third-order valence-electron chi connectivity index (χ3n) is 4.58. The molecule has 27 heavy (non-hydrogen) atoms. The van der Waals surface area contributed by atoms with Gasteiger partial charge in [0.05, 0.1) is 25.0 Å². The molecular formula is C20H19N3O3S. The van der Waals surface area contributed by atoms with E-state index in [4.69, 9.17) is 14.5 Å². The van der Waals surface area contributed by atoms with Gasteiger partial charge in [0.1, 0.15) is 10.8 Å². The number of hydrogen-bond donors (Lipinski definition) is 1. The third kappa shape index (κ3) is 3.13. The molecule has 0 unspecified atom stereocenters. The van der Waals surface area contributed by atoms with E-state index in [9.17, 15) is 5.11 Å². The minimum Gasteiger partial charge on any atom is -0.497 e. The smallest absolute Gasteiger partial charge is 0.227 e. The average Bonchev–Trinajstić information content (AvgIpc) is 2.72. The van der Waals surface area contributed by atoms with Crippen molar-refractivity contribution >= 4 is 11.8 Å². The highest BCUT2D eigenvalue weighted by Gasteiger charge is 2.27. The molecule has 138 valence electrons. The number of aryl methyl sites for hydroxylation is 1. The minimum atomic E-state index is -0.0777. The fraction of sp³-hybridized carbons (Fsp3) is 0.250. The van der Waals surface area contributed by atoms with E-state index >= 15 is 0 Å². The van der Waals surface area contributed by atoms with Gasteiger partial charge < -0.3 is 14.6 Å². The topological polar surface area (TPSA) is 77.4 Å². The van der Waals surface area contributed by atoms with E-state index in [2.05, 4.69) is 9.97 Å². The Morgan fingerprint density at radius 1 is 1.26 bits per heavy atom. The standard InChI is InChI=1S/C20H19N3O3S/c1-11-17-15(13(10-24)9-21-11)8-16-19(26-17)22-18(23-20(16)27-3)12-5-4-6-14(7-12)25-2/h4-7,9,24H,8,10H2,1-3H3. The normalized spacial score (nSPS) is 12.1. The minimum absolute atomic E-state index is 0.0777. The van der Waals surface area contributed by atoms with Crippen molar-refractivity contribution in [2.45, 2.75) is 25.0 Å². The predicted octanol–water partition coefficient (Wildman–Crippen LogP) is 3.77. The van der Waals surface area contributed by atoms with Crippen molar-refractivity contribution in [2.75, 3.05) is 13.4 Å². The Hall–Kier alpha value is -2.64. The van der Waals surface area contributed by atoms with Gasteiger partial charge in [-0.3, -0.25) is 4.98 Å².